The smallest absolute Gasteiger partial charge is 0.239 e. The van der Waals surface area contributed by atoms with Crippen molar-refractivity contribution in [2.75, 3.05) is 10.6 Å². The van der Waals surface area contributed by atoms with Crippen LogP contribution in [0.4, 0.5) is 15.2 Å². The summed E-state index contributed by atoms with van der Waals surface area (Å²) in [5.74, 6) is -0.355. The van der Waals surface area contributed by atoms with Gasteiger partial charge in [-0.05, 0) is 45.0 Å². The molecule has 11 heteroatoms. The van der Waals surface area contributed by atoms with E-state index in [1.54, 1.807) is 11.5 Å². The van der Waals surface area contributed by atoms with Gasteiger partial charge in [-0.25, -0.2) is 9.37 Å². The van der Waals surface area contributed by atoms with E-state index >= 15 is 0 Å². The van der Waals surface area contributed by atoms with Crippen molar-refractivity contribution >= 4 is 45.7 Å². The summed E-state index contributed by atoms with van der Waals surface area (Å²) in [6.07, 6.45) is 0.0117. The molecule has 0 bridgehead atoms. The van der Waals surface area contributed by atoms with E-state index in [9.17, 15) is 14.0 Å². The molecule has 0 saturated heterocycles. The van der Waals surface area contributed by atoms with Crippen molar-refractivity contribution in [2.24, 2.45) is 0 Å². The SMILES string of the molecule is CCn1c(CC(=O)Nc2ccc(F)cc2)nnc1S[C@@H](C)C(=O)Nc1nc(C)cs1. The third-order valence-corrected chi connectivity index (χ3v) is 6.01. The number of nitrogens with zero attached hydrogens (tertiary/aromatic N) is 4. The quantitative estimate of drug-likeness (QED) is 0.512. The Morgan fingerprint density at radius 1 is 1.23 bits per heavy atom. The molecule has 0 spiro atoms. The van der Waals surface area contributed by atoms with Crippen LogP contribution in [0.3, 0.4) is 0 Å². The van der Waals surface area contributed by atoms with E-state index < -0.39 is 5.25 Å². The molecule has 0 aliphatic heterocycles. The van der Waals surface area contributed by atoms with E-state index in [0.717, 1.165) is 5.69 Å². The number of anilines is 2. The van der Waals surface area contributed by atoms with E-state index in [2.05, 4.69) is 25.8 Å². The van der Waals surface area contributed by atoms with Crippen LogP contribution in [0, 0.1) is 12.7 Å². The molecule has 2 heterocycles. The first-order valence-electron chi connectivity index (χ1n) is 9.23. The van der Waals surface area contributed by atoms with Gasteiger partial charge in [0.15, 0.2) is 10.3 Å². The van der Waals surface area contributed by atoms with Crippen LogP contribution in [0.5, 0.6) is 0 Å². The number of thiazole rings is 1. The van der Waals surface area contributed by atoms with Crippen LogP contribution in [-0.4, -0.2) is 36.8 Å². The number of hydrogen-bond acceptors (Lipinski definition) is 7. The Balaban J connectivity index is 1.62. The summed E-state index contributed by atoms with van der Waals surface area (Å²) in [7, 11) is 0. The Hall–Kier alpha value is -2.79. The van der Waals surface area contributed by atoms with Crippen LogP contribution in [0.1, 0.15) is 25.4 Å². The molecule has 30 heavy (non-hydrogen) atoms. The lowest BCUT2D eigenvalue weighted by atomic mass is 10.3. The zero-order valence-corrected chi connectivity index (χ0v) is 18.3. The monoisotopic (exact) mass is 448 g/mol. The van der Waals surface area contributed by atoms with Crippen molar-refractivity contribution in [3.05, 3.63) is 47.0 Å². The van der Waals surface area contributed by atoms with Gasteiger partial charge in [0.05, 0.1) is 17.4 Å². The maximum atomic E-state index is 13.0. The Morgan fingerprint density at radius 2 is 1.97 bits per heavy atom. The van der Waals surface area contributed by atoms with Gasteiger partial charge >= 0.3 is 0 Å². The lowest BCUT2D eigenvalue weighted by molar-refractivity contribution is -0.116. The summed E-state index contributed by atoms with van der Waals surface area (Å²) in [6, 6.07) is 5.53. The molecule has 3 aromatic rings. The molecule has 158 valence electrons. The van der Waals surface area contributed by atoms with Crippen molar-refractivity contribution in [3.8, 4) is 0 Å². The zero-order valence-electron chi connectivity index (χ0n) is 16.7. The van der Waals surface area contributed by atoms with E-state index in [-0.39, 0.29) is 24.1 Å². The van der Waals surface area contributed by atoms with Crippen molar-refractivity contribution < 1.29 is 14.0 Å². The van der Waals surface area contributed by atoms with Gasteiger partial charge in [-0.3, -0.25) is 9.59 Å². The highest BCUT2D eigenvalue weighted by atomic mass is 32.2. The molecular weight excluding hydrogens is 427 g/mol. The Labute approximate surface area is 181 Å². The maximum Gasteiger partial charge on any atom is 0.239 e. The summed E-state index contributed by atoms with van der Waals surface area (Å²) in [5, 5.41) is 16.3. The van der Waals surface area contributed by atoms with Gasteiger partial charge < -0.3 is 15.2 Å². The minimum atomic E-state index is -0.426. The molecule has 8 nitrogen and oxygen atoms in total. The third kappa shape index (κ3) is 5.63. The number of carbonyl (C=O) groups excluding carboxylic acids is 2. The van der Waals surface area contributed by atoms with Crippen LogP contribution < -0.4 is 10.6 Å². The second kappa shape index (κ2) is 9.81. The Bertz CT molecular complexity index is 1030. The number of aryl methyl sites for hydroxylation is 1. The fourth-order valence-corrected chi connectivity index (χ4v) is 4.19. The van der Waals surface area contributed by atoms with Gasteiger partial charge in [0.2, 0.25) is 11.8 Å². The van der Waals surface area contributed by atoms with Gasteiger partial charge in [-0.15, -0.1) is 21.5 Å². The molecule has 0 fully saturated rings. The molecule has 0 unspecified atom stereocenters. The molecule has 2 N–H and O–H groups in total. The molecule has 0 saturated carbocycles. The normalized spacial score (nSPS) is 11.9. The average Bonchev–Trinajstić information content (AvgIpc) is 3.28. The number of halogens is 1. The fraction of sp³-hybridized carbons (Fsp3) is 0.316. The zero-order chi connectivity index (χ0) is 21.7. The van der Waals surface area contributed by atoms with Gasteiger partial charge in [0, 0.05) is 17.6 Å². The van der Waals surface area contributed by atoms with Crippen molar-refractivity contribution in [2.45, 2.75) is 44.1 Å². The first-order valence-corrected chi connectivity index (χ1v) is 11.0. The molecule has 2 aromatic heterocycles. The van der Waals surface area contributed by atoms with Crippen LogP contribution in [-0.2, 0) is 22.6 Å². The van der Waals surface area contributed by atoms with E-state index in [1.165, 1.54) is 47.4 Å². The van der Waals surface area contributed by atoms with Crippen LogP contribution in [0.25, 0.3) is 0 Å². The van der Waals surface area contributed by atoms with Crippen LogP contribution >= 0.6 is 23.1 Å². The molecule has 2 amide bonds. The van der Waals surface area contributed by atoms with Gasteiger partial charge in [-0.1, -0.05) is 11.8 Å². The molecule has 0 aliphatic rings. The minimum Gasteiger partial charge on any atom is -0.326 e. The van der Waals surface area contributed by atoms with Crippen molar-refractivity contribution in [3.63, 3.8) is 0 Å². The van der Waals surface area contributed by atoms with Crippen molar-refractivity contribution in [1.29, 1.82) is 0 Å². The number of aromatic nitrogens is 4. The van der Waals surface area contributed by atoms with E-state index in [0.29, 0.717) is 28.3 Å². The molecule has 0 radical (unpaired) electrons. The topological polar surface area (TPSA) is 102 Å². The molecular formula is C19H21FN6O2S2. The first kappa shape index (κ1) is 21.9. The number of benzene rings is 1. The van der Waals surface area contributed by atoms with Gasteiger partial charge in [0.1, 0.15) is 11.6 Å². The summed E-state index contributed by atoms with van der Waals surface area (Å²) in [6.45, 7) is 6.10. The maximum absolute atomic E-state index is 13.0. The van der Waals surface area contributed by atoms with E-state index in [4.69, 9.17) is 0 Å². The highest BCUT2D eigenvalue weighted by Gasteiger charge is 2.21. The summed E-state index contributed by atoms with van der Waals surface area (Å²) in [4.78, 5) is 29.0. The third-order valence-electron chi connectivity index (χ3n) is 4.06. The highest BCUT2D eigenvalue weighted by molar-refractivity contribution is 8.00. The molecule has 1 atom stereocenters. The average molecular weight is 449 g/mol. The number of rotatable bonds is 8. The van der Waals surface area contributed by atoms with Crippen LogP contribution in [0.15, 0.2) is 34.8 Å². The number of carbonyl (C=O) groups is 2. The second-order valence-corrected chi connectivity index (χ2v) is 8.58. The standard InChI is InChI=1S/C19H21FN6O2S2/c1-4-26-15(9-16(27)22-14-7-5-13(20)6-8-14)24-25-19(26)30-12(3)17(28)23-18-21-11(2)10-29-18/h5-8,10,12H,4,9H2,1-3H3,(H,22,27)(H,21,23,28)/t12-/m0/s1. The Kier molecular flexibility index (Phi) is 7.16. The highest BCUT2D eigenvalue weighted by Crippen LogP contribution is 2.24. The number of hydrogen-bond donors (Lipinski definition) is 2. The predicted molar refractivity (Wildman–Crippen MR) is 115 cm³/mol. The van der Waals surface area contributed by atoms with Crippen molar-refractivity contribution in [1.82, 2.24) is 19.7 Å². The lowest BCUT2D eigenvalue weighted by Gasteiger charge is -2.11. The first-order chi connectivity index (χ1) is 14.4. The number of thioether (sulfide) groups is 1. The van der Waals surface area contributed by atoms with Crippen LogP contribution in [0.2, 0.25) is 0 Å². The predicted octanol–water partition coefficient (Wildman–Crippen LogP) is 3.50. The number of nitrogens with one attached hydrogen (secondary N) is 2. The fourth-order valence-electron chi connectivity index (χ4n) is 2.57. The minimum absolute atomic E-state index is 0.0117. The number of amides is 2. The summed E-state index contributed by atoms with van der Waals surface area (Å²) < 4.78 is 14.8. The molecule has 3 rings (SSSR count). The molecule has 0 aliphatic carbocycles. The second-order valence-electron chi connectivity index (χ2n) is 6.42. The largest absolute Gasteiger partial charge is 0.326 e. The summed E-state index contributed by atoms with van der Waals surface area (Å²) in [5.41, 5.74) is 1.35. The summed E-state index contributed by atoms with van der Waals surface area (Å²) >= 11 is 2.63. The van der Waals surface area contributed by atoms with Gasteiger partial charge in [-0.2, -0.15) is 0 Å². The van der Waals surface area contributed by atoms with Gasteiger partial charge in [0.25, 0.3) is 0 Å². The molecule has 1 aromatic carbocycles. The van der Waals surface area contributed by atoms with E-state index in [1.807, 2.05) is 19.2 Å². The lowest BCUT2D eigenvalue weighted by Crippen LogP contribution is -2.23. The Morgan fingerprint density at radius 3 is 2.60 bits per heavy atom.